The predicted octanol–water partition coefficient (Wildman–Crippen LogP) is 2.33. The van der Waals surface area contributed by atoms with Crippen molar-refractivity contribution in [3.8, 4) is 0 Å². The Morgan fingerprint density at radius 2 is 2.11 bits per heavy atom. The molecule has 152 valence electrons. The van der Waals surface area contributed by atoms with Crippen LogP contribution in [0.15, 0.2) is 21.5 Å². The van der Waals surface area contributed by atoms with Crippen molar-refractivity contribution in [2.75, 3.05) is 6.61 Å². The van der Waals surface area contributed by atoms with Gasteiger partial charge in [-0.15, -0.1) is 10.2 Å². The third kappa shape index (κ3) is 4.32. The highest BCUT2D eigenvalue weighted by molar-refractivity contribution is 5.95. The van der Waals surface area contributed by atoms with Crippen molar-refractivity contribution in [2.45, 2.75) is 72.2 Å². The molecule has 0 aliphatic carbocycles. The maximum atomic E-state index is 13.3. The van der Waals surface area contributed by atoms with E-state index >= 15 is 0 Å². The number of carbonyl (C=O) groups is 1. The van der Waals surface area contributed by atoms with Crippen molar-refractivity contribution in [3.05, 3.63) is 45.5 Å². The summed E-state index contributed by atoms with van der Waals surface area (Å²) in [7, 11) is 0. The van der Waals surface area contributed by atoms with E-state index < -0.39 is 0 Å². The molecule has 0 aromatic carbocycles. The highest BCUT2D eigenvalue weighted by Gasteiger charge is 2.27. The van der Waals surface area contributed by atoms with Crippen LogP contribution in [0.3, 0.4) is 0 Å². The SMILES string of the molecule is CCc1nnc(CN(C(=O)c2c(C)ccn(CC3CCCO3)c2=O)C(C)C)o1. The van der Waals surface area contributed by atoms with Crippen LogP contribution in [0.4, 0.5) is 0 Å². The van der Waals surface area contributed by atoms with Crippen molar-refractivity contribution in [3.63, 3.8) is 0 Å². The maximum Gasteiger partial charge on any atom is 0.263 e. The summed E-state index contributed by atoms with van der Waals surface area (Å²) in [6.45, 7) is 8.87. The summed E-state index contributed by atoms with van der Waals surface area (Å²) in [4.78, 5) is 27.9. The topological polar surface area (TPSA) is 90.5 Å². The third-order valence-corrected chi connectivity index (χ3v) is 5.01. The van der Waals surface area contributed by atoms with E-state index in [2.05, 4.69) is 10.2 Å². The number of amides is 1. The van der Waals surface area contributed by atoms with E-state index in [1.165, 1.54) is 0 Å². The fourth-order valence-electron chi connectivity index (χ4n) is 3.35. The zero-order valence-corrected chi connectivity index (χ0v) is 17.0. The Balaban J connectivity index is 1.88. The van der Waals surface area contributed by atoms with Crippen LogP contribution in [0.25, 0.3) is 0 Å². The van der Waals surface area contributed by atoms with Gasteiger partial charge in [-0.2, -0.15) is 0 Å². The molecule has 8 heteroatoms. The maximum absolute atomic E-state index is 13.3. The molecule has 0 radical (unpaired) electrons. The lowest BCUT2D eigenvalue weighted by molar-refractivity contribution is 0.0665. The quantitative estimate of drug-likeness (QED) is 0.723. The lowest BCUT2D eigenvalue weighted by atomic mass is 10.1. The largest absolute Gasteiger partial charge is 0.423 e. The van der Waals surface area contributed by atoms with E-state index in [0.29, 0.717) is 30.3 Å². The van der Waals surface area contributed by atoms with Crippen LogP contribution < -0.4 is 5.56 Å². The zero-order chi connectivity index (χ0) is 20.3. The van der Waals surface area contributed by atoms with Gasteiger partial charge in [-0.05, 0) is 45.2 Å². The number of ether oxygens (including phenoxy) is 1. The minimum atomic E-state index is -0.324. The molecule has 1 aliphatic heterocycles. The van der Waals surface area contributed by atoms with E-state index in [4.69, 9.17) is 9.15 Å². The molecule has 2 aromatic heterocycles. The number of hydrogen-bond donors (Lipinski definition) is 0. The Hall–Kier alpha value is -2.48. The minimum Gasteiger partial charge on any atom is -0.423 e. The van der Waals surface area contributed by atoms with Crippen molar-refractivity contribution in [1.29, 1.82) is 0 Å². The number of aromatic nitrogens is 3. The summed E-state index contributed by atoms with van der Waals surface area (Å²) in [5.41, 5.74) is 0.555. The Kier molecular flexibility index (Phi) is 6.28. The second kappa shape index (κ2) is 8.68. The molecule has 3 rings (SSSR count). The monoisotopic (exact) mass is 388 g/mol. The Morgan fingerprint density at radius 3 is 2.71 bits per heavy atom. The highest BCUT2D eigenvalue weighted by Crippen LogP contribution is 2.16. The van der Waals surface area contributed by atoms with Crippen molar-refractivity contribution < 1.29 is 13.9 Å². The molecule has 1 atom stereocenters. The summed E-state index contributed by atoms with van der Waals surface area (Å²) in [6, 6.07) is 1.68. The van der Waals surface area contributed by atoms with Gasteiger partial charge in [0.05, 0.1) is 19.2 Å². The molecule has 2 aromatic rings. The van der Waals surface area contributed by atoms with E-state index in [0.717, 1.165) is 19.4 Å². The number of rotatable bonds is 7. The van der Waals surface area contributed by atoms with Crippen molar-refractivity contribution in [1.82, 2.24) is 19.7 Å². The smallest absolute Gasteiger partial charge is 0.263 e. The molecule has 8 nitrogen and oxygen atoms in total. The molecule has 0 spiro atoms. The lowest BCUT2D eigenvalue weighted by Crippen LogP contribution is -2.41. The highest BCUT2D eigenvalue weighted by atomic mass is 16.5. The van der Waals surface area contributed by atoms with Gasteiger partial charge in [-0.3, -0.25) is 9.59 Å². The first-order valence-electron chi connectivity index (χ1n) is 9.84. The summed E-state index contributed by atoms with van der Waals surface area (Å²) in [5.74, 6) is 0.573. The van der Waals surface area contributed by atoms with Gasteiger partial charge in [0.1, 0.15) is 5.56 Å². The van der Waals surface area contributed by atoms with E-state index in [1.54, 1.807) is 22.6 Å². The van der Waals surface area contributed by atoms with Gasteiger partial charge in [-0.25, -0.2) is 0 Å². The van der Waals surface area contributed by atoms with Crippen molar-refractivity contribution >= 4 is 5.91 Å². The first-order chi connectivity index (χ1) is 13.4. The van der Waals surface area contributed by atoms with Crippen molar-refractivity contribution in [2.24, 2.45) is 0 Å². The van der Waals surface area contributed by atoms with Gasteiger partial charge in [0.25, 0.3) is 11.5 Å². The van der Waals surface area contributed by atoms with Crippen LogP contribution in [0.5, 0.6) is 0 Å². The molecule has 1 fully saturated rings. The third-order valence-electron chi connectivity index (χ3n) is 5.01. The predicted molar refractivity (Wildman–Crippen MR) is 103 cm³/mol. The van der Waals surface area contributed by atoms with Gasteiger partial charge >= 0.3 is 0 Å². The van der Waals surface area contributed by atoms with Gasteiger partial charge in [0, 0.05) is 25.3 Å². The fraction of sp³-hybridized carbons (Fsp3) is 0.600. The molecule has 3 heterocycles. The number of hydrogen-bond acceptors (Lipinski definition) is 6. The average molecular weight is 388 g/mol. The van der Waals surface area contributed by atoms with Crippen LogP contribution in [-0.4, -0.2) is 44.3 Å². The van der Waals surface area contributed by atoms with E-state index in [1.807, 2.05) is 26.8 Å². The fourth-order valence-corrected chi connectivity index (χ4v) is 3.35. The minimum absolute atomic E-state index is 0.0235. The molecule has 1 saturated heterocycles. The number of nitrogens with zero attached hydrogens (tertiary/aromatic N) is 4. The summed E-state index contributed by atoms with van der Waals surface area (Å²) in [5, 5.41) is 7.96. The van der Waals surface area contributed by atoms with Crippen LogP contribution >= 0.6 is 0 Å². The van der Waals surface area contributed by atoms with Crippen LogP contribution in [0.2, 0.25) is 0 Å². The normalized spacial score (nSPS) is 16.7. The van der Waals surface area contributed by atoms with Crippen LogP contribution in [0, 0.1) is 6.92 Å². The number of aryl methyl sites for hydroxylation is 2. The number of pyridine rings is 1. The molecule has 0 N–H and O–H groups in total. The Bertz CT molecular complexity index is 881. The molecule has 0 saturated carbocycles. The summed E-state index contributed by atoms with van der Waals surface area (Å²) < 4.78 is 12.8. The standard InChI is InChI=1S/C20H28N4O4/c1-5-16-21-22-17(28-16)12-24(13(2)3)20(26)18-14(4)8-9-23(19(18)25)11-15-7-6-10-27-15/h8-9,13,15H,5-7,10-12H2,1-4H3. The molecular formula is C20H28N4O4. The van der Waals surface area contributed by atoms with Gasteiger partial charge in [0.2, 0.25) is 11.8 Å². The average Bonchev–Trinajstić information content (AvgIpc) is 3.33. The van der Waals surface area contributed by atoms with Crippen LogP contribution in [-0.2, 0) is 24.2 Å². The first kappa shape index (κ1) is 20.3. The molecular weight excluding hydrogens is 360 g/mol. The summed E-state index contributed by atoms with van der Waals surface area (Å²) >= 11 is 0. The Labute approximate surface area is 164 Å². The van der Waals surface area contributed by atoms with Gasteiger partial charge in [0.15, 0.2) is 0 Å². The second-order valence-electron chi connectivity index (χ2n) is 7.44. The summed E-state index contributed by atoms with van der Waals surface area (Å²) in [6.07, 6.45) is 4.33. The van der Waals surface area contributed by atoms with E-state index in [-0.39, 0.29) is 35.7 Å². The number of carbonyl (C=O) groups excluding carboxylic acids is 1. The molecule has 1 aliphatic rings. The van der Waals surface area contributed by atoms with E-state index in [9.17, 15) is 9.59 Å². The zero-order valence-electron chi connectivity index (χ0n) is 17.0. The molecule has 0 bridgehead atoms. The lowest BCUT2D eigenvalue weighted by Gasteiger charge is -2.26. The second-order valence-corrected chi connectivity index (χ2v) is 7.44. The Morgan fingerprint density at radius 1 is 1.36 bits per heavy atom. The van der Waals surface area contributed by atoms with Gasteiger partial charge in [-0.1, -0.05) is 6.92 Å². The molecule has 1 unspecified atom stereocenters. The first-order valence-corrected chi connectivity index (χ1v) is 9.84. The molecule has 1 amide bonds. The molecule has 28 heavy (non-hydrogen) atoms. The van der Waals surface area contributed by atoms with Gasteiger partial charge < -0.3 is 18.6 Å². The van der Waals surface area contributed by atoms with Crippen LogP contribution in [0.1, 0.15) is 61.3 Å².